The molecule has 0 aromatic heterocycles. The van der Waals surface area contributed by atoms with Gasteiger partial charge < -0.3 is 58.3 Å². The van der Waals surface area contributed by atoms with Crippen molar-refractivity contribution in [2.24, 2.45) is 0 Å². The fourth-order valence-electron chi connectivity index (χ4n) is 3.97. The van der Waals surface area contributed by atoms with Gasteiger partial charge in [-0.1, -0.05) is 63.6 Å². The summed E-state index contributed by atoms with van der Waals surface area (Å²) in [5.41, 5.74) is 0. The zero-order chi connectivity index (χ0) is 34.7. The van der Waals surface area contributed by atoms with Crippen molar-refractivity contribution in [1.82, 2.24) is 0 Å². The highest BCUT2D eigenvalue weighted by molar-refractivity contribution is 5.21. The molecule has 0 aliphatic rings. The van der Waals surface area contributed by atoms with Gasteiger partial charge in [0.1, 0.15) is 12.4 Å². The van der Waals surface area contributed by atoms with E-state index in [1.54, 1.807) is 13.8 Å². The van der Waals surface area contributed by atoms with E-state index in [4.69, 9.17) is 53.2 Å². The summed E-state index contributed by atoms with van der Waals surface area (Å²) in [5, 5.41) is 36.8. The Morgan fingerprint density at radius 2 is 1.11 bits per heavy atom. The lowest BCUT2D eigenvalue weighted by Gasteiger charge is -2.29. The van der Waals surface area contributed by atoms with E-state index in [0.717, 1.165) is 12.8 Å². The molecule has 12 heteroatoms. The lowest BCUT2D eigenvalue weighted by Crippen LogP contribution is -2.41. The second kappa shape index (κ2) is 34.4. The first-order valence-electron chi connectivity index (χ1n) is 17.3. The van der Waals surface area contributed by atoms with Gasteiger partial charge in [-0.05, 0) is 32.4 Å². The maximum absolute atomic E-state index is 11.1. The predicted octanol–water partition coefficient (Wildman–Crippen LogP) is 3.75. The van der Waals surface area contributed by atoms with Crippen LogP contribution in [0.25, 0.3) is 0 Å². The van der Waals surface area contributed by atoms with Crippen molar-refractivity contribution >= 4 is 0 Å². The molecule has 4 N–H and O–H groups in total. The standard InChI is InChI=1S/C29H52O9.C6H14O3/c1-2-3-4-5-6-7-11-14-29(31,38-28-12-9-8-10-13-28)27-37-26-25-36-24-23-35-22-21-34-20-19-33-18-17-32-16-15-30;1-5(8)4-9-6(2)3-7/h8-10,12-13,30-31H,2-7,11,14-27H2,1H3;5-8H,3-4H2,1-2H3. The van der Waals surface area contributed by atoms with Crippen molar-refractivity contribution in [2.75, 3.05) is 99.1 Å². The highest BCUT2D eigenvalue weighted by Gasteiger charge is 2.29. The van der Waals surface area contributed by atoms with Crippen molar-refractivity contribution in [3.63, 3.8) is 0 Å². The van der Waals surface area contributed by atoms with Crippen LogP contribution in [-0.2, 0) is 33.2 Å². The third-order valence-electron chi connectivity index (χ3n) is 6.52. The van der Waals surface area contributed by atoms with Gasteiger partial charge in [0.15, 0.2) is 0 Å². The first-order chi connectivity index (χ1) is 22.9. The van der Waals surface area contributed by atoms with Crippen LogP contribution in [0.2, 0.25) is 0 Å². The number of para-hydroxylation sites is 1. The number of unbranched alkanes of at least 4 members (excludes halogenated alkanes) is 6. The molecule has 3 atom stereocenters. The third-order valence-corrected chi connectivity index (χ3v) is 6.52. The number of aliphatic hydroxyl groups is 4. The summed E-state index contributed by atoms with van der Waals surface area (Å²) in [6.07, 6.45) is 8.13. The Bertz CT molecular complexity index is 743. The summed E-state index contributed by atoms with van der Waals surface area (Å²) in [4.78, 5) is 0. The number of benzene rings is 1. The van der Waals surface area contributed by atoms with Gasteiger partial charge in [0, 0.05) is 6.42 Å². The molecule has 3 unspecified atom stereocenters. The van der Waals surface area contributed by atoms with E-state index in [2.05, 4.69) is 6.92 Å². The highest BCUT2D eigenvalue weighted by atomic mass is 16.7. The van der Waals surface area contributed by atoms with Crippen LogP contribution in [0.1, 0.15) is 72.1 Å². The van der Waals surface area contributed by atoms with Crippen LogP contribution in [0, 0.1) is 0 Å². The van der Waals surface area contributed by atoms with Crippen molar-refractivity contribution in [3.05, 3.63) is 30.3 Å². The third kappa shape index (κ3) is 32.9. The molecule has 0 radical (unpaired) electrons. The molecule has 0 heterocycles. The van der Waals surface area contributed by atoms with Crippen molar-refractivity contribution in [3.8, 4) is 5.75 Å². The van der Waals surface area contributed by atoms with Crippen LogP contribution in [0.4, 0.5) is 0 Å². The molecule has 0 amide bonds. The number of ether oxygens (including phenoxy) is 8. The van der Waals surface area contributed by atoms with Gasteiger partial charge in [0.2, 0.25) is 5.79 Å². The van der Waals surface area contributed by atoms with Crippen LogP contribution in [0.5, 0.6) is 5.75 Å². The summed E-state index contributed by atoms with van der Waals surface area (Å²) in [5.74, 6) is -0.720. The van der Waals surface area contributed by atoms with E-state index < -0.39 is 11.9 Å². The molecule has 0 saturated heterocycles. The average molecular weight is 679 g/mol. The molecule has 0 aliphatic carbocycles. The van der Waals surface area contributed by atoms with Crippen LogP contribution >= 0.6 is 0 Å². The molecule has 0 fully saturated rings. The smallest absolute Gasteiger partial charge is 0.231 e. The number of hydrogen-bond acceptors (Lipinski definition) is 12. The lowest BCUT2D eigenvalue weighted by atomic mass is 10.0. The quantitative estimate of drug-likeness (QED) is 0.0632. The Hall–Kier alpha value is -1.42. The molecule has 47 heavy (non-hydrogen) atoms. The summed E-state index contributed by atoms with van der Waals surface area (Å²) >= 11 is 0. The normalized spacial score (nSPS) is 13.9. The highest BCUT2D eigenvalue weighted by Crippen LogP contribution is 2.23. The minimum Gasteiger partial charge on any atom is -0.460 e. The van der Waals surface area contributed by atoms with Gasteiger partial charge in [-0.15, -0.1) is 0 Å². The first kappa shape index (κ1) is 45.6. The van der Waals surface area contributed by atoms with Crippen LogP contribution in [-0.4, -0.2) is 138 Å². The van der Waals surface area contributed by atoms with Crippen LogP contribution in [0.3, 0.4) is 0 Å². The average Bonchev–Trinajstić information content (AvgIpc) is 3.07. The van der Waals surface area contributed by atoms with Gasteiger partial charge >= 0.3 is 0 Å². The SMILES string of the molecule is CC(O)COC(C)CO.CCCCCCCCCC(O)(COCCOCCOCCOCCOCCOCCO)Oc1ccccc1. The second-order valence-corrected chi connectivity index (χ2v) is 11.2. The van der Waals surface area contributed by atoms with E-state index in [0.29, 0.717) is 91.5 Å². The number of hydrogen-bond donors (Lipinski definition) is 4. The van der Waals surface area contributed by atoms with E-state index >= 15 is 0 Å². The molecule has 278 valence electrons. The van der Waals surface area contributed by atoms with Gasteiger partial charge in [-0.25, -0.2) is 0 Å². The molecule has 1 rings (SSSR count). The van der Waals surface area contributed by atoms with E-state index in [1.165, 1.54) is 32.1 Å². The maximum Gasteiger partial charge on any atom is 0.231 e. The molecule has 0 saturated carbocycles. The van der Waals surface area contributed by atoms with Crippen molar-refractivity contribution in [2.45, 2.75) is 90.1 Å². The van der Waals surface area contributed by atoms with Crippen LogP contribution < -0.4 is 4.74 Å². The molecule has 1 aromatic rings. The fourth-order valence-corrected chi connectivity index (χ4v) is 3.97. The van der Waals surface area contributed by atoms with Gasteiger partial charge in [0.05, 0.1) is 105 Å². The fraction of sp³-hybridized carbons (Fsp3) is 0.829. The number of rotatable bonds is 33. The van der Waals surface area contributed by atoms with Crippen molar-refractivity contribution in [1.29, 1.82) is 0 Å². The predicted molar refractivity (Wildman–Crippen MR) is 181 cm³/mol. The molecule has 12 nitrogen and oxygen atoms in total. The zero-order valence-electron chi connectivity index (χ0n) is 29.4. The second-order valence-electron chi connectivity index (χ2n) is 11.2. The largest absolute Gasteiger partial charge is 0.460 e. The molecule has 0 aliphatic heterocycles. The van der Waals surface area contributed by atoms with E-state index in [-0.39, 0.29) is 25.9 Å². The minimum absolute atomic E-state index is 0.00667. The van der Waals surface area contributed by atoms with E-state index in [1.807, 2.05) is 30.3 Å². The van der Waals surface area contributed by atoms with Gasteiger partial charge in [-0.3, -0.25) is 0 Å². The molecular weight excluding hydrogens is 612 g/mol. The molecule has 1 aromatic carbocycles. The van der Waals surface area contributed by atoms with E-state index in [9.17, 15) is 5.11 Å². The Labute approximate surface area is 283 Å². The molecule has 0 spiro atoms. The van der Waals surface area contributed by atoms with Gasteiger partial charge in [-0.2, -0.15) is 0 Å². The maximum atomic E-state index is 11.1. The topological polar surface area (TPSA) is 155 Å². The minimum atomic E-state index is -1.35. The first-order valence-corrected chi connectivity index (χ1v) is 17.3. The lowest BCUT2D eigenvalue weighted by molar-refractivity contribution is -0.185. The van der Waals surface area contributed by atoms with Crippen LogP contribution in [0.15, 0.2) is 30.3 Å². The molecule has 0 bridgehead atoms. The summed E-state index contributed by atoms with van der Waals surface area (Å²) in [6.45, 7) is 11.0. The Morgan fingerprint density at radius 3 is 1.57 bits per heavy atom. The van der Waals surface area contributed by atoms with Gasteiger partial charge in [0.25, 0.3) is 0 Å². The Morgan fingerprint density at radius 1 is 0.638 bits per heavy atom. The number of aliphatic hydroxyl groups excluding tert-OH is 3. The summed E-state index contributed by atoms with van der Waals surface area (Å²) in [7, 11) is 0. The molecular formula is C35H66O12. The van der Waals surface area contributed by atoms with Crippen molar-refractivity contribution < 1.29 is 58.3 Å². The zero-order valence-corrected chi connectivity index (χ0v) is 29.4. The Kier molecular flexibility index (Phi) is 33.4. The summed E-state index contributed by atoms with van der Waals surface area (Å²) < 4.78 is 43.5. The summed E-state index contributed by atoms with van der Waals surface area (Å²) in [6, 6.07) is 9.38. The Balaban J connectivity index is 0.00000204. The monoisotopic (exact) mass is 678 g/mol.